The van der Waals surface area contributed by atoms with E-state index in [0.29, 0.717) is 0 Å². The van der Waals surface area contributed by atoms with E-state index in [9.17, 15) is 4.79 Å². The highest BCUT2D eigenvalue weighted by Gasteiger charge is 2.18. The average Bonchev–Trinajstić information content (AvgIpc) is 2.72. The molecule has 0 radical (unpaired) electrons. The monoisotopic (exact) mass is 405 g/mol. The number of ether oxygens (including phenoxy) is 1. The number of amides is 1. The molecule has 0 saturated carbocycles. The first kappa shape index (κ1) is 21.0. The molecule has 0 aliphatic heterocycles. The third-order valence-corrected chi connectivity index (χ3v) is 5.52. The van der Waals surface area contributed by atoms with Crippen LogP contribution in [0.25, 0.3) is 0 Å². The van der Waals surface area contributed by atoms with E-state index in [1.54, 1.807) is 11.8 Å². The number of para-hydroxylation sites is 1. The van der Waals surface area contributed by atoms with Crippen LogP contribution in [0.2, 0.25) is 0 Å². The smallest absolute Gasteiger partial charge is 0.262 e. The molecular formula is C25H27NO2S. The highest BCUT2D eigenvalue weighted by molar-refractivity contribution is 7.98. The van der Waals surface area contributed by atoms with E-state index in [4.69, 9.17) is 4.74 Å². The first-order valence-corrected chi connectivity index (χ1v) is 10.7. The molecule has 1 N–H and O–H groups in total. The van der Waals surface area contributed by atoms with Crippen molar-refractivity contribution in [3.05, 3.63) is 90.0 Å². The number of hydrogen-bond donors (Lipinski definition) is 1. The van der Waals surface area contributed by atoms with Crippen molar-refractivity contribution >= 4 is 23.4 Å². The summed E-state index contributed by atoms with van der Waals surface area (Å²) in [7, 11) is 0. The van der Waals surface area contributed by atoms with Crippen molar-refractivity contribution in [1.82, 2.24) is 0 Å². The van der Waals surface area contributed by atoms with Crippen LogP contribution in [0.1, 0.15) is 31.9 Å². The minimum absolute atomic E-state index is 0.0152. The molecule has 0 saturated heterocycles. The minimum Gasteiger partial charge on any atom is -0.483 e. The fraction of sp³-hybridized carbons (Fsp3) is 0.240. The zero-order valence-electron chi connectivity index (χ0n) is 17.1. The van der Waals surface area contributed by atoms with E-state index >= 15 is 0 Å². The Labute approximate surface area is 177 Å². The van der Waals surface area contributed by atoms with Crippen molar-refractivity contribution in [1.29, 1.82) is 0 Å². The summed E-state index contributed by atoms with van der Waals surface area (Å²) in [5.41, 5.74) is 3.04. The van der Waals surface area contributed by atoms with Gasteiger partial charge in [0, 0.05) is 16.3 Å². The summed E-state index contributed by atoms with van der Waals surface area (Å²) in [4.78, 5) is 13.5. The first-order valence-electron chi connectivity index (χ1n) is 9.71. The van der Waals surface area contributed by atoms with Gasteiger partial charge in [0.2, 0.25) is 0 Å². The molecule has 3 aromatic carbocycles. The maximum atomic E-state index is 12.3. The Morgan fingerprint density at radius 3 is 2.24 bits per heavy atom. The average molecular weight is 406 g/mol. The second kappa shape index (κ2) is 9.66. The fourth-order valence-corrected chi connectivity index (χ4v) is 3.80. The summed E-state index contributed by atoms with van der Waals surface area (Å²) >= 11 is 1.79. The van der Waals surface area contributed by atoms with Gasteiger partial charge in [-0.1, -0.05) is 69.3 Å². The molecule has 0 aliphatic carbocycles. The number of hydrogen-bond acceptors (Lipinski definition) is 3. The van der Waals surface area contributed by atoms with Crippen LogP contribution in [-0.2, 0) is 16.0 Å². The molecule has 1 amide bonds. The summed E-state index contributed by atoms with van der Waals surface area (Å²) in [6.07, 6.45) is 0. The highest BCUT2D eigenvalue weighted by Crippen LogP contribution is 2.31. The molecule has 3 nitrogen and oxygen atoms in total. The molecule has 0 unspecified atom stereocenters. The number of thioether (sulfide) groups is 1. The maximum absolute atomic E-state index is 12.3. The molecular weight excluding hydrogens is 378 g/mol. The molecule has 4 heteroatoms. The van der Waals surface area contributed by atoms with Crippen LogP contribution in [0.5, 0.6) is 5.75 Å². The third-order valence-electron chi connectivity index (χ3n) is 4.44. The lowest BCUT2D eigenvalue weighted by Crippen LogP contribution is -2.21. The van der Waals surface area contributed by atoms with Crippen LogP contribution in [-0.4, -0.2) is 12.5 Å². The van der Waals surface area contributed by atoms with Gasteiger partial charge in [0.25, 0.3) is 5.91 Å². The minimum atomic E-state index is -0.167. The standard InChI is InChI=1S/C25H27NO2S/c1-25(2,3)22-11-7-8-12-23(22)28-17-24(27)26-20-15-13-19(14-16-20)18-29-21-9-5-4-6-10-21/h4-16H,17-18H2,1-3H3,(H,26,27). The lowest BCUT2D eigenvalue weighted by atomic mass is 9.86. The van der Waals surface area contributed by atoms with Gasteiger partial charge in [-0.2, -0.15) is 0 Å². The normalized spacial score (nSPS) is 11.1. The van der Waals surface area contributed by atoms with Crippen molar-refractivity contribution in [2.45, 2.75) is 36.8 Å². The van der Waals surface area contributed by atoms with E-state index in [0.717, 1.165) is 22.8 Å². The second-order valence-corrected chi connectivity index (χ2v) is 8.93. The Bertz CT molecular complexity index is 931. The zero-order valence-corrected chi connectivity index (χ0v) is 18.0. The third kappa shape index (κ3) is 6.40. The second-order valence-electron chi connectivity index (χ2n) is 7.88. The number of nitrogens with one attached hydrogen (secondary N) is 1. The molecule has 0 bridgehead atoms. The molecule has 0 aliphatic rings. The molecule has 3 aromatic rings. The van der Waals surface area contributed by atoms with E-state index in [1.807, 2.05) is 66.7 Å². The number of carbonyl (C=O) groups is 1. The number of benzene rings is 3. The molecule has 3 rings (SSSR count). The van der Waals surface area contributed by atoms with Crippen LogP contribution in [0.4, 0.5) is 5.69 Å². The summed E-state index contributed by atoms with van der Waals surface area (Å²) in [6, 6.07) is 26.1. The van der Waals surface area contributed by atoms with Crippen molar-refractivity contribution in [2.24, 2.45) is 0 Å². The van der Waals surface area contributed by atoms with Gasteiger partial charge in [-0.3, -0.25) is 4.79 Å². The molecule has 0 heterocycles. The molecule has 29 heavy (non-hydrogen) atoms. The fourth-order valence-electron chi connectivity index (χ4n) is 2.92. The van der Waals surface area contributed by atoms with Crippen molar-refractivity contribution < 1.29 is 9.53 Å². The van der Waals surface area contributed by atoms with Gasteiger partial charge < -0.3 is 10.1 Å². The van der Waals surface area contributed by atoms with Crippen LogP contribution < -0.4 is 10.1 Å². The Balaban J connectivity index is 1.51. The first-order chi connectivity index (χ1) is 13.9. The van der Waals surface area contributed by atoms with E-state index < -0.39 is 0 Å². The lowest BCUT2D eigenvalue weighted by Gasteiger charge is -2.22. The van der Waals surface area contributed by atoms with E-state index in [2.05, 4.69) is 38.2 Å². The molecule has 150 valence electrons. The lowest BCUT2D eigenvalue weighted by molar-refractivity contribution is -0.118. The van der Waals surface area contributed by atoms with Gasteiger partial charge in [-0.15, -0.1) is 11.8 Å². The van der Waals surface area contributed by atoms with Crippen LogP contribution in [0.3, 0.4) is 0 Å². The summed E-state index contributed by atoms with van der Waals surface area (Å²) < 4.78 is 5.79. The van der Waals surface area contributed by atoms with Crippen molar-refractivity contribution in [3.8, 4) is 5.75 Å². The highest BCUT2D eigenvalue weighted by atomic mass is 32.2. The summed E-state index contributed by atoms with van der Waals surface area (Å²) in [5, 5.41) is 2.90. The largest absolute Gasteiger partial charge is 0.483 e. The quantitative estimate of drug-likeness (QED) is 0.469. The molecule has 0 atom stereocenters. The Morgan fingerprint density at radius 2 is 1.55 bits per heavy atom. The van der Waals surface area contributed by atoms with Gasteiger partial charge in [0.1, 0.15) is 5.75 Å². The van der Waals surface area contributed by atoms with E-state index in [-0.39, 0.29) is 17.9 Å². The predicted molar refractivity (Wildman–Crippen MR) is 122 cm³/mol. The van der Waals surface area contributed by atoms with Gasteiger partial charge in [0.15, 0.2) is 6.61 Å². The van der Waals surface area contributed by atoms with Gasteiger partial charge >= 0.3 is 0 Å². The van der Waals surface area contributed by atoms with Crippen molar-refractivity contribution in [3.63, 3.8) is 0 Å². The van der Waals surface area contributed by atoms with Crippen molar-refractivity contribution in [2.75, 3.05) is 11.9 Å². The Morgan fingerprint density at radius 1 is 0.897 bits per heavy atom. The topological polar surface area (TPSA) is 38.3 Å². The summed E-state index contributed by atoms with van der Waals surface area (Å²) in [5.74, 6) is 1.48. The SMILES string of the molecule is CC(C)(C)c1ccccc1OCC(=O)Nc1ccc(CSc2ccccc2)cc1. The summed E-state index contributed by atoms with van der Waals surface area (Å²) in [6.45, 7) is 6.38. The Kier molecular flexibility index (Phi) is 6.99. The zero-order chi connectivity index (χ0) is 20.7. The van der Waals surface area contributed by atoms with E-state index in [1.165, 1.54) is 10.5 Å². The number of rotatable bonds is 7. The van der Waals surface area contributed by atoms with Gasteiger partial charge in [0.05, 0.1) is 0 Å². The molecule has 0 aromatic heterocycles. The van der Waals surface area contributed by atoms with Crippen LogP contribution in [0, 0.1) is 0 Å². The molecule has 0 spiro atoms. The molecule has 0 fully saturated rings. The number of anilines is 1. The number of carbonyl (C=O) groups excluding carboxylic acids is 1. The van der Waals surface area contributed by atoms with Crippen LogP contribution in [0.15, 0.2) is 83.8 Å². The van der Waals surface area contributed by atoms with Gasteiger partial charge in [-0.25, -0.2) is 0 Å². The Hall–Kier alpha value is -2.72. The maximum Gasteiger partial charge on any atom is 0.262 e. The van der Waals surface area contributed by atoms with Crippen LogP contribution >= 0.6 is 11.8 Å². The van der Waals surface area contributed by atoms with Gasteiger partial charge in [-0.05, 0) is 46.9 Å². The predicted octanol–water partition coefficient (Wildman–Crippen LogP) is 6.29.